The van der Waals surface area contributed by atoms with Crippen LogP contribution in [0.4, 0.5) is 0 Å². The van der Waals surface area contributed by atoms with Crippen LogP contribution in [0.1, 0.15) is 16.7 Å². The Hall–Kier alpha value is -1.65. The summed E-state index contributed by atoms with van der Waals surface area (Å²) < 4.78 is 0. The molecule has 0 saturated heterocycles. The summed E-state index contributed by atoms with van der Waals surface area (Å²) >= 11 is 0. The number of hydrogen-bond donors (Lipinski definition) is 0. The molecular formula is C32H21Cl6Sb. The van der Waals surface area contributed by atoms with Gasteiger partial charge in [0.05, 0.1) is 17.0 Å². The van der Waals surface area contributed by atoms with E-state index in [4.69, 9.17) is 53.0 Å². The van der Waals surface area contributed by atoms with E-state index in [0.29, 0.717) is 0 Å². The normalized spacial score (nSPS) is 14.9. The van der Waals surface area contributed by atoms with E-state index in [0.717, 1.165) is 0 Å². The van der Waals surface area contributed by atoms with Gasteiger partial charge in [0.15, 0.2) is 5.56 Å². The molecule has 0 aliphatic heterocycles. The Labute approximate surface area is 248 Å². The van der Waals surface area contributed by atoms with Crippen molar-refractivity contribution in [3.05, 3.63) is 138 Å². The molecule has 0 amide bonds. The van der Waals surface area contributed by atoms with Gasteiger partial charge in [-0.05, 0) is 64.6 Å². The number of halogens is 6. The van der Waals surface area contributed by atoms with Crippen LogP contribution < -0.4 is 0 Å². The van der Waals surface area contributed by atoms with Gasteiger partial charge >= 0.3 is 62.1 Å². The molecule has 0 nitrogen and oxygen atoms in total. The number of hydrogen-bond acceptors (Lipinski definition) is 0. The topological polar surface area (TPSA) is 0 Å². The minimum absolute atomic E-state index is 0.182. The van der Waals surface area contributed by atoms with Crippen molar-refractivity contribution in [3.8, 4) is 34.1 Å². The first kappa shape index (κ1) is 28.9. The van der Waals surface area contributed by atoms with Crippen LogP contribution in [0.3, 0.4) is 0 Å². The molecule has 1 aliphatic rings. The SMILES string of the molecule is C(#CC1C(c2ccccc2)=C1c1ccccc1)c1c(-c2ccccc2)[c+]1-c1ccccc1.[Cl][Sb-]([Cl])([Cl])([Cl])([Cl])[Cl]. The van der Waals surface area contributed by atoms with Crippen molar-refractivity contribution >= 4 is 73.3 Å². The van der Waals surface area contributed by atoms with Crippen LogP contribution >= 0.6 is 53.0 Å². The van der Waals surface area contributed by atoms with Gasteiger partial charge in [0.1, 0.15) is 11.1 Å². The third-order valence-corrected chi connectivity index (χ3v) is 6.11. The van der Waals surface area contributed by atoms with E-state index in [2.05, 4.69) is 133 Å². The van der Waals surface area contributed by atoms with Crippen molar-refractivity contribution < 1.29 is 0 Å². The Balaban J connectivity index is 0.000000392. The maximum atomic E-state index is 5.06. The van der Waals surface area contributed by atoms with Gasteiger partial charge < -0.3 is 0 Å². The van der Waals surface area contributed by atoms with Gasteiger partial charge in [0, 0.05) is 5.92 Å². The fourth-order valence-electron chi connectivity index (χ4n) is 4.49. The van der Waals surface area contributed by atoms with Crippen LogP contribution in [0.5, 0.6) is 0 Å². The van der Waals surface area contributed by atoms with Gasteiger partial charge in [-0.3, -0.25) is 0 Å². The third kappa shape index (κ3) is 8.42. The monoisotopic (exact) mass is 736 g/mol. The Morgan fingerprint density at radius 3 is 1.28 bits per heavy atom. The molecule has 0 unspecified atom stereocenters. The molecule has 0 spiro atoms. The predicted octanol–water partition coefficient (Wildman–Crippen LogP) is 11.5. The molecule has 1 aliphatic carbocycles. The molecule has 0 radical (unpaired) electrons. The first-order chi connectivity index (χ1) is 18.4. The van der Waals surface area contributed by atoms with Gasteiger partial charge in [-0.15, -0.1) is 0 Å². The first-order valence-electron chi connectivity index (χ1n) is 12.0. The summed E-state index contributed by atoms with van der Waals surface area (Å²) in [6, 6.07) is 42.5. The molecule has 5 aromatic carbocycles. The summed E-state index contributed by atoms with van der Waals surface area (Å²) in [5.74, 6) is 7.36. The quantitative estimate of drug-likeness (QED) is 0.0978. The number of benzene rings is 4. The van der Waals surface area contributed by atoms with Crippen molar-refractivity contribution in [1.82, 2.24) is 0 Å². The average molecular weight is 740 g/mol. The second-order valence-corrected chi connectivity index (χ2v) is 66.0. The molecule has 0 heterocycles. The van der Waals surface area contributed by atoms with Crippen LogP contribution in [0.15, 0.2) is 121 Å². The van der Waals surface area contributed by atoms with Gasteiger partial charge in [-0.25, -0.2) is 0 Å². The average Bonchev–Trinajstić information content (AvgIpc) is 3.81. The maximum absolute atomic E-state index is 5.42. The van der Waals surface area contributed by atoms with Crippen molar-refractivity contribution in [2.75, 3.05) is 0 Å². The Bertz CT molecular complexity index is 1550. The van der Waals surface area contributed by atoms with Crippen molar-refractivity contribution in [2.24, 2.45) is 5.92 Å². The van der Waals surface area contributed by atoms with E-state index in [1.807, 2.05) is 0 Å². The van der Waals surface area contributed by atoms with E-state index in [1.54, 1.807) is 0 Å². The van der Waals surface area contributed by atoms with Crippen molar-refractivity contribution in [3.63, 3.8) is 0 Å². The van der Waals surface area contributed by atoms with Crippen molar-refractivity contribution in [2.45, 2.75) is 0 Å². The summed E-state index contributed by atoms with van der Waals surface area (Å²) in [6.07, 6.45) is 0. The predicted molar refractivity (Wildman–Crippen MR) is 175 cm³/mol. The Morgan fingerprint density at radius 1 is 0.513 bits per heavy atom. The van der Waals surface area contributed by atoms with E-state index < -0.39 is 9.14 Å². The Kier molecular flexibility index (Phi) is 7.87. The van der Waals surface area contributed by atoms with E-state index >= 15 is 0 Å². The molecule has 0 N–H and O–H groups in total. The fraction of sp³-hybridized carbons (Fsp3) is 0.0312. The molecular weight excluding hydrogens is 719 g/mol. The zero-order valence-corrected chi connectivity index (χ0v) is 27.4. The molecule has 0 aromatic heterocycles. The third-order valence-electron chi connectivity index (χ3n) is 6.11. The molecule has 39 heavy (non-hydrogen) atoms. The van der Waals surface area contributed by atoms with E-state index in [1.165, 1.54) is 50.1 Å². The fourth-order valence-corrected chi connectivity index (χ4v) is 4.49. The molecule has 7 heteroatoms. The zero-order chi connectivity index (χ0) is 27.7. The van der Waals surface area contributed by atoms with Crippen LogP contribution in [0.2, 0.25) is 0 Å². The van der Waals surface area contributed by atoms with Gasteiger partial charge in [-0.1, -0.05) is 84.9 Å². The van der Waals surface area contributed by atoms with Crippen molar-refractivity contribution in [1.29, 1.82) is 0 Å². The summed E-state index contributed by atoms with van der Waals surface area (Å²) in [5, 5.41) is 0. The Morgan fingerprint density at radius 2 is 0.872 bits per heavy atom. The molecule has 6 rings (SSSR count). The van der Waals surface area contributed by atoms with Crippen LogP contribution in [0.25, 0.3) is 33.4 Å². The molecule has 0 atom stereocenters. The summed E-state index contributed by atoms with van der Waals surface area (Å²) in [4.78, 5) is 0. The summed E-state index contributed by atoms with van der Waals surface area (Å²) in [7, 11) is 25.0. The molecule has 0 saturated carbocycles. The number of rotatable bonds is 4. The molecule has 5 aromatic rings. The minimum atomic E-state index is -5.42. The van der Waals surface area contributed by atoms with Crippen LogP contribution in [-0.2, 0) is 0 Å². The van der Waals surface area contributed by atoms with Gasteiger partial charge in [0.25, 0.3) is 0 Å². The molecule has 0 fully saturated rings. The van der Waals surface area contributed by atoms with Crippen LogP contribution in [-0.4, -0.2) is 9.14 Å². The molecule has 0 bridgehead atoms. The number of allylic oxidation sites excluding steroid dienone is 2. The standard InChI is InChI=1S/C32H21.6ClH.Sb/c1-5-13-23(14-6-1)29-27(30(29)24-15-7-2-8-16-24)21-22-28-31(25-17-9-3-10-18-25)32(28)26-19-11-4-12-20-26;;;;;;;/h1-20,27H;6*1H;/q+1;;;;;;;+5/p-6. The molecule has 196 valence electrons. The second kappa shape index (κ2) is 10.6. The summed E-state index contributed by atoms with van der Waals surface area (Å²) in [6.45, 7) is 0. The van der Waals surface area contributed by atoms with Crippen LogP contribution in [0, 0.1) is 17.8 Å². The van der Waals surface area contributed by atoms with Gasteiger partial charge in [-0.2, -0.15) is 0 Å². The van der Waals surface area contributed by atoms with E-state index in [9.17, 15) is 0 Å². The zero-order valence-electron chi connectivity index (χ0n) is 20.3. The first-order valence-corrected chi connectivity index (χ1v) is 31.4. The van der Waals surface area contributed by atoms with E-state index in [-0.39, 0.29) is 5.92 Å². The van der Waals surface area contributed by atoms with Gasteiger partial charge in [0.2, 0.25) is 0 Å². The summed E-state index contributed by atoms with van der Waals surface area (Å²) in [5.41, 5.74) is 11.5. The second-order valence-electron chi connectivity index (χ2n) is 9.08.